The summed E-state index contributed by atoms with van der Waals surface area (Å²) in [5, 5.41) is 0. The Hall–Kier alpha value is -3.62. The lowest BCUT2D eigenvalue weighted by Gasteiger charge is -2.25. The Kier molecular flexibility index (Phi) is 5.50. The van der Waals surface area contributed by atoms with Crippen molar-refractivity contribution in [2.75, 3.05) is 13.2 Å². The second kappa shape index (κ2) is 8.17. The van der Waals surface area contributed by atoms with Gasteiger partial charge in [-0.05, 0) is 30.3 Å². The number of hydrogen-bond acceptors (Lipinski definition) is 6. The molecule has 140 valence electrons. The van der Waals surface area contributed by atoms with Crippen LogP contribution in [0, 0.1) is 5.82 Å². The maximum Gasteiger partial charge on any atom is 0.338 e. The average Bonchev–Trinajstić information content (AvgIpc) is 2.69. The summed E-state index contributed by atoms with van der Waals surface area (Å²) in [6.45, 7) is -0.673. The summed E-state index contributed by atoms with van der Waals surface area (Å²) in [6, 6.07) is 11.7. The molecule has 0 fully saturated rings. The lowest BCUT2D eigenvalue weighted by atomic mass is 10.2. The van der Waals surface area contributed by atoms with Crippen LogP contribution in [0.15, 0.2) is 48.5 Å². The molecule has 1 atom stereocenters. The molecule has 3 rings (SSSR count). The molecule has 8 nitrogen and oxygen atoms in total. The highest BCUT2D eigenvalue weighted by atomic mass is 19.1. The van der Waals surface area contributed by atoms with Crippen LogP contribution in [0.5, 0.6) is 11.5 Å². The SMILES string of the molecule is O=C(COC(=O)c1cccc(F)c1)NNC(=O)[C@H]1COc2ccccc2O1. The van der Waals surface area contributed by atoms with Crippen molar-refractivity contribution < 1.29 is 33.0 Å². The summed E-state index contributed by atoms with van der Waals surface area (Å²) < 4.78 is 28.7. The molecule has 9 heteroatoms. The number of fused-ring (bicyclic) bond motifs is 1. The molecule has 0 radical (unpaired) electrons. The van der Waals surface area contributed by atoms with Crippen LogP contribution in [0.4, 0.5) is 4.39 Å². The van der Waals surface area contributed by atoms with Gasteiger partial charge in [0.2, 0.25) is 6.10 Å². The van der Waals surface area contributed by atoms with E-state index in [0.717, 1.165) is 6.07 Å². The number of hydrogen-bond donors (Lipinski definition) is 2. The van der Waals surface area contributed by atoms with Crippen LogP contribution in [0.2, 0.25) is 0 Å². The van der Waals surface area contributed by atoms with Crippen LogP contribution < -0.4 is 20.3 Å². The third-order valence-electron chi connectivity index (χ3n) is 3.52. The van der Waals surface area contributed by atoms with Crippen molar-refractivity contribution >= 4 is 17.8 Å². The fourth-order valence-corrected chi connectivity index (χ4v) is 2.23. The van der Waals surface area contributed by atoms with Gasteiger partial charge in [0.1, 0.15) is 12.4 Å². The molecule has 2 aromatic carbocycles. The molecule has 2 aromatic rings. The summed E-state index contributed by atoms with van der Waals surface area (Å²) >= 11 is 0. The zero-order chi connectivity index (χ0) is 19.2. The van der Waals surface area contributed by atoms with E-state index in [1.165, 1.54) is 18.2 Å². The number of carbonyl (C=O) groups is 3. The van der Waals surface area contributed by atoms with Gasteiger partial charge in [0.15, 0.2) is 18.1 Å². The van der Waals surface area contributed by atoms with E-state index in [9.17, 15) is 18.8 Å². The van der Waals surface area contributed by atoms with Gasteiger partial charge in [-0.2, -0.15) is 0 Å². The van der Waals surface area contributed by atoms with Crippen molar-refractivity contribution in [3.8, 4) is 11.5 Å². The minimum absolute atomic E-state index is 0.0206. The highest BCUT2D eigenvalue weighted by Gasteiger charge is 2.27. The number of halogens is 1. The first-order chi connectivity index (χ1) is 13.0. The number of amides is 2. The number of para-hydroxylation sites is 2. The van der Waals surface area contributed by atoms with Crippen LogP contribution in [0.3, 0.4) is 0 Å². The minimum Gasteiger partial charge on any atom is -0.485 e. The van der Waals surface area contributed by atoms with Crippen molar-refractivity contribution in [3.05, 3.63) is 59.9 Å². The lowest BCUT2D eigenvalue weighted by Crippen LogP contribution is -2.51. The van der Waals surface area contributed by atoms with E-state index in [2.05, 4.69) is 10.9 Å². The van der Waals surface area contributed by atoms with E-state index < -0.39 is 36.3 Å². The molecule has 0 unspecified atom stereocenters. The molecule has 1 aliphatic rings. The number of ether oxygens (including phenoxy) is 3. The fraction of sp³-hybridized carbons (Fsp3) is 0.167. The first-order valence-electron chi connectivity index (χ1n) is 7.93. The van der Waals surface area contributed by atoms with Crippen LogP contribution in [-0.2, 0) is 14.3 Å². The Morgan fingerprint density at radius 2 is 1.85 bits per heavy atom. The number of carbonyl (C=O) groups excluding carboxylic acids is 3. The predicted octanol–water partition coefficient (Wildman–Crippen LogP) is 0.970. The Balaban J connectivity index is 1.43. The van der Waals surface area contributed by atoms with Crippen molar-refractivity contribution in [3.63, 3.8) is 0 Å². The molecule has 0 saturated heterocycles. The smallest absolute Gasteiger partial charge is 0.338 e. The number of esters is 1. The van der Waals surface area contributed by atoms with E-state index >= 15 is 0 Å². The zero-order valence-corrected chi connectivity index (χ0v) is 13.9. The molecule has 1 heterocycles. The van der Waals surface area contributed by atoms with E-state index in [-0.39, 0.29) is 12.2 Å². The predicted molar refractivity (Wildman–Crippen MR) is 89.3 cm³/mol. The van der Waals surface area contributed by atoms with Crippen LogP contribution in [-0.4, -0.2) is 37.1 Å². The van der Waals surface area contributed by atoms with Gasteiger partial charge in [-0.25, -0.2) is 9.18 Å². The minimum atomic E-state index is -0.949. The van der Waals surface area contributed by atoms with Gasteiger partial charge in [0.25, 0.3) is 11.8 Å². The van der Waals surface area contributed by atoms with Crippen molar-refractivity contribution in [1.29, 1.82) is 0 Å². The lowest BCUT2D eigenvalue weighted by molar-refractivity contribution is -0.135. The largest absolute Gasteiger partial charge is 0.485 e. The topological polar surface area (TPSA) is 103 Å². The van der Waals surface area contributed by atoms with Crippen molar-refractivity contribution in [1.82, 2.24) is 10.9 Å². The standard InChI is InChI=1S/C18H15FN2O6/c19-12-5-3-4-11(8-12)18(24)26-10-16(22)20-21-17(23)15-9-25-13-6-1-2-7-14(13)27-15/h1-8,15H,9-10H2,(H,20,22)(H,21,23)/t15-/m1/s1. The monoisotopic (exact) mass is 374 g/mol. The first kappa shape index (κ1) is 18.2. The summed E-state index contributed by atoms with van der Waals surface area (Å²) in [6.07, 6.45) is -0.949. The van der Waals surface area contributed by atoms with Gasteiger partial charge in [0.05, 0.1) is 5.56 Å². The summed E-state index contributed by atoms with van der Waals surface area (Å²) in [5.74, 6) is -1.93. The van der Waals surface area contributed by atoms with Crippen LogP contribution >= 0.6 is 0 Å². The van der Waals surface area contributed by atoms with Gasteiger partial charge < -0.3 is 14.2 Å². The van der Waals surface area contributed by atoms with Crippen LogP contribution in [0.1, 0.15) is 10.4 Å². The molecule has 27 heavy (non-hydrogen) atoms. The molecule has 0 bridgehead atoms. The molecule has 2 N–H and O–H groups in total. The molecule has 2 amide bonds. The Labute approximate surface area is 153 Å². The Morgan fingerprint density at radius 3 is 2.63 bits per heavy atom. The van der Waals surface area contributed by atoms with Crippen molar-refractivity contribution in [2.24, 2.45) is 0 Å². The maximum atomic E-state index is 13.0. The number of rotatable bonds is 4. The molecule has 1 aliphatic heterocycles. The van der Waals surface area contributed by atoms with E-state index in [0.29, 0.717) is 11.5 Å². The number of nitrogens with one attached hydrogen (secondary N) is 2. The number of benzene rings is 2. The second-order valence-corrected chi connectivity index (χ2v) is 5.49. The normalized spacial score (nSPS) is 14.8. The summed E-state index contributed by atoms with van der Waals surface area (Å²) in [4.78, 5) is 35.4. The highest BCUT2D eigenvalue weighted by molar-refractivity contribution is 5.91. The van der Waals surface area contributed by atoms with Gasteiger partial charge in [-0.15, -0.1) is 0 Å². The highest BCUT2D eigenvalue weighted by Crippen LogP contribution is 2.30. The summed E-state index contributed by atoms with van der Waals surface area (Å²) in [5.41, 5.74) is 4.23. The molecule has 0 spiro atoms. The van der Waals surface area contributed by atoms with Gasteiger partial charge >= 0.3 is 5.97 Å². The molecular formula is C18H15FN2O6. The van der Waals surface area contributed by atoms with Gasteiger partial charge in [0, 0.05) is 0 Å². The second-order valence-electron chi connectivity index (χ2n) is 5.49. The molecule has 0 saturated carbocycles. The maximum absolute atomic E-state index is 13.0. The third kappa shape index (κ3) is 4.72. The Bertz CT molecular complexity index is 872. The summed E-state index contributed by atoms with van der Waals surface area (Å²) in [7, 11) is 0. The fourth-order valence-electron chi connectivity index (χ4n) is 2.23. The molecule has 0 aromatic heterocycles. The van der Waals surface area contributed by atoms with Crippen LogP contribution in [0.25, 0.3) is 0 Å². The van der Waals surface area contributed by atoms with Gasteiger partial charge in [-0.3, -0.25) is 20.4 Å². The quantitative estimate of drug-likeness (QED) is 0.611. The van der Waals surface area contributed by atoms with E-state index in [1.807, 2.05) is 0 Å². The first-order valence-corrected chi connectivity index (χ1v) is 7.93. The third-order valence-corrected chi connectivity index (χ3v) is 3.52. The average molecular weight is 374 g/mol. The zero-order valence-electron chi connectivity index (χ0n) is 13.9. The number of hydrazine groups is 1. The van der Waals surface area contributed by atoms with E-state index in [4.69, 9.17) is 14.2 Å². The van der Waals surface area contributed by atoms with Crippen molar-refractivity contribution in [2.45, 2.75) is 6.10 Å². The Morgan fingerprint density at radius 1 is 1.07 bits per heavy atom. The van der Waals surface area contributed by atoms with E-state index in [1.54, 1.807) is 24.3 Å². The molecule has 0 aliphatic carbocycles. The molecular weight excluding hydrogens is 359 g/mol. The van der Waals surface area contributed by atoms with Gasteiger partial charge in [-0.1, -0.05) is 18.2 Å².